The predicted octanol–water partition coefficient (Wildman–Crippen LogP) is 3.89. The van der Waals surface area contributed by atoms with Gasteiger partial charge in [-0.3, -0.25) is 9.59 Å². The topological polar surface area (TPSA) is 46.6 Å². The maximum Gasteiger partial charge on any atom is 0.317 e. The highest BCUT2D eigenvalue weighted by Gasteiger charge is 2.53. The van der Waals surface area contributed by atoms with Crippen LogP contribution >= 0.6 is 11.6 Å². The van der Waals surface area contributed by atoms with Gasteiger partial charge in [-0.15, -0.1) is 0 Å². The minimum atomic E-state index is -0.634. The number of carbonyl (C=O) groups excluding carboxylic acids is 2. The first-order valence-electron chi connectivity index (χ1n) is 8.92. The van der Waals surface area contributed by atoms with Crippen LogP contribution in [0.25, 0.3) is 0 Å². The Hall–Kier alpha value is -2.33. The SMILES string of the molecule is O=C(COC(=O)C1(c2cccc(Cl)c2)CC1)N1CCCc2ccccc21. The predicted molar refractivity (Wildman–Crippen MR) is 100 cm³/mol. The summed E-state index contributed by atoms with van der Waals surface area (Å²) in [6, 6.07) is 15.2. The molecule has 1 saturated carbocycles. The van der Waals surface area contributed by atoms with Crippen LogP contribution in [0, 0.1) is 0 Å². The molecule has 0 unspecified atom stereocenters. The van der Waals surface area contributed by atoms with Crippen LogP contribution in [0.15, 0.2) is 48.5 Å². The third-order valence-electron chi connectivity index (χ3n) is 5.26. The number of halogens is 1. The van der Waals surface area contributed by atoms with E-state index in [-0.39, 0.29) is 18.5 Å². The van der Waals surface area contributed by atoms with E-state index in [0.29, 0.717) is 11.6 Å². The molecule has 0 aromatic heterocycles. The van der Waals surface area contributed by atoms with Crippen molar-refractivity contribution in [1.82, 2.24) is 0 Å². The molecule has 0 saturated heterocycles. The molecule has 2 aromatic rings. The van der Waals surface area contributed by atoms with Gasteiger partial charge >= 0.3 is 5.97 Å². The van der Waals surface area contributed by atoms with Gasteiger partial charge in [0.05, 0.1) is 5.41 Å². The van der Waals surface area contributed by atoms with E-state index < -0.39 is 5.41 Å². The minimum Gasteiger partial charge on any atom is -0.455 e. The fraction of sp³-hybridized carbons (Fsp3) is 0.333. The van der Waals surface area contributed by atoms with E-state index >= 15 is 0 Å². The number of nitrogens with zero attached hydrogens (tertiary/aromatic N) is 1. The van der Waals surface area contributed by atoms with E-state index in [0.717, 1.165) is 42.5 Å². The van der Waals surface area contributed by atoms with Gasteiger partial charge in [0, 0.05) is 17.3 Å². The Kier molecular flexibility index (Phi) is 4.45. The van der Waals surface area contributed by atoms with Crippen molar-refractivity contribution in [2.45, 2.75) is 31.1 Å². The van der Waals surface area contributed by atoms with Gasteiger partial charge in [0.1, 0.15) is 0 Å². The molecular weight excluding hydrogens is 350 g/mol. The Morgan fingerprint density at radius 2 is 1.92 bits per heavy atom. The van der Waals surface area contributed by atoms with Gasteiger partial charge in [-0.25, -0.2) is 0 Å². The molecule has 5 heteroatoms. The number of carbonyl (C=O) groups is 2. The van der Waals surface area contributed by atoms with E-state index in [1.165, 1.54) is 0 Å². The zero-order chi connectivity index (χ0) is 18.1. The maximum atomic E-state index is 12.6. The molecule has 1 aliphatic heterocycles. The Balaban J connectivity index is 1.43. The maximum absolute atomic E-state index is 12.6. The average Bonchev–Trinajstić information content (AvgIpc) is 3.47. The second-order valence-corrected chi connectivity index (χ2v) is 7.38. The minimum absolute atomic E-state index is 0.174. The number of hydrogen-bond donors (Lipinski definition) is 0. The van der Waals surface area contributed by atoms with Crippen LogP contribution in [0.3, 0.4) is 0 Å². The van der Waals surface area contributed by atoms with E-state index in [9.17, 15) is 9.59 Å². The molecule has 2 aliphatic rings. The summed E-state index contributed by atoms with van der Waals surface area (Å²) < 4.78 is 5.42. The van der Waals surface area contributed by atoms with Crippen LogP contribution in [-0.2, 0) is 26.2 Å². The molecule has 134 valence electrons. The molecule has 2 aromatic carbocycles. The number of ether oxygens (including phenoxy) is 1. The van der Waals surface area contributed by atoms with E-state index in [4.69, 9.17) is 16.3 Å². The molecular formula is C21H20ClNO3. The Morgan fingerprint density at radius 1 is 1.12 bits per heavy atom. The number of anilines is 1. The lowest BCUT2D eigenvalue weighted by Gasteiger charge is -2.29. The van der Waals surface area contributed by atoms with Gasteiger partial charge in [-0.2, -0.15) is 0 Å². The zero-order valence-corrected chi connectivity index (χ0v) is 15.2. The molecule has 0 N–H and O–H groups in total. The quantitative estimate of drug-likeness (QED) is 0.768. The number of hydrogen-bond acceptors (Lipinski definition) is 3. The lowest BCUT2D eigenvalue weighted by molar-refractivity contribution is -0.150. The second kappa shape index (κ2) is 6.76. The molecule has 1 amide bonds. The Bertz CT molecular complexity index is 860. The van der Waals surface area contributed by atoms with Crippen LogP contribution < -0.4 is 4.90 Å². The summed E-state index contributed by atoms with van der Waals surface area (Å²) in [6.07, 6.45) is 3.35. The molecule has 4 rings (SSSR count). The van der Waals surface area contributed by atoms with Crippen molar-refractivity contribution in [3.8, 4) is 0 Å². The van der Waals surface area contributed by atoms with Crippen molar-refractivity contribution in [2.24, 2.45) is 0 Å². The van der Waals surface area contributed by atoms with Crippen LogP contribution in [0.1, 0.15) is 30.4 Å². The van der Waals surface area contributed by atoms with E-state index in [2.05, 4.69) is 0 Å². The van der Waals surface area contributed by atoms with Crippen molar-refractivity contribution < 1.29 is 14.3 Å². The molecule has 0 bridgehead atoms. The van der Waals surface area contributed by atoms with E-state index in [1.807, 2.05) is 36.4 Å². The average molecular weight is 370 g/mol. The number of para-hydroxylation sites is 1. The number of fused-ring (bicyclic) bond motifs is 1. The Morgan fingerprint density at radius 3 is 2.69 bits per heavy atom. The molecule has 4 nitrogen and oxygen atoms in total. The number of benzene rings is 2. The van der Waals surface area contributed by atoms with Crippen LogP contribution in [-0.4, -0.2) is 25.0 Å². The third kappa shape index (κ3) is 3.10. The van der Waals surface area contributed by atoms with Crippen LogP contribution in [0.4, 0.5) is 5.69 Å². The molecule has 1 heterocycles. The summed E-state index contributed by atoms with van der Waals surface area (Å²) in [4.78, 5) is 27.0. The molecule has 1 aliphatic carbocycles. The summed E-state index contributed by atoms with van der Waals surface area (Å²) in [7, 11) is 0. The van der Waals surface area contributed by atoms with Crippen molar-refractivity contribution >= 4 is 29.2 Å². The zero-order valence-electron chi connectivity index (χ0n) is 14.4. The lowest BCUT2D eigenvalue weighted by atomic mass is 9.96. The van der Waals surface area contributed by atoms with Gasteiger partial charge in [0.25, 0.3) is 5.91 Å². The molecule has 0 radical (unpaired) electrons. The van der Waals surface area contributed by atoms with Gasteiger partial charge < -0.3 is 9.64 Å². The Labute approximate surface area is 157 Å². The number of aryl methyl sites for hydroxylation is 1. The van der Waals surface area contributed by atoms with Crippen molar-refractivity contribution in [3.05, 3.63) is 64.7 Å². The monoisotopic (exact) mass is 369 g/mol. The van der Waals surface area contributed by atoms with Crippen molar-refractivity contribution in [1.29, 1.82) is 0 Å². The normalized spacial score (nSPS) is 17.3. The fourth-order valence-electron chi connectivity index (χ4n) is 3.66. The fourth-order valence-corrected chi connectivity index (χ4v) is 3.85. The van der Waals surface area contributed by atoms with Crippen molar-refractivity contribution in [2.75, 3.05) is 18.1 Å². The summed E-state index contributed by atoms with van der Waals surface area (Å²) in [5.74, 6) is -0.509. The number of amides is 1. The first-order valence-corrected chi connectivity index (χ1v) is 9.29. The lowest BCUT2D eigenvalue weighted by Crippen LogP contribution is -2.39. The van der Waals surface area contributed by atoms with Crippen molar-refractivity contribution in [3.63, 3.8) is 0 Å². The molecule has 26 heavy (non-hydrogen) atoms. The van der Waals surface area contributed by atoms with Gasteiger partial charge in [0.15, 0.2) is 6.61 Å². The van der Waals surface area contributed by atoms with Gasteiger partial charge in [0.2, 0.25) is 0 Å². The highest BCUT2D eigenvalue weighted by atomic mass is 35.5. The largest absolute Gasteiger partial charge is 0.455 e. The molecule has 1 fully saturated rings. The van der Waals surface area contributed by atoms with Crippen LogP contribution in [0.2, 0.25) is 5.02 Å². The smallest absolute Gasteiger partial charge is 0.317 e. The summed E-state index contributed by atoms with van der Waals surface area (Å²) in [5.41, 5.74) is 2.32. The summed E-state index contributed by atoms with van der Waals surface area (Å²) in [5, 5.41) is 0.600. The van der Waals surface area contributed by atoms with E-state index in [1.54, 1.807) is 17.0 Å². The standard InChI is InChI=1S/C21H20ClNO3/c22-17-8-3-7-16(13-17)21(10-11-21)20(25)26-14-19(24)23-12-4-6-15-5-1-2-9-18(15)23/h1-3,5,7-9,13H,4,6,10-12,14H2. The van der Waals surface area contributed by atoms with Gasteiger partial charge in [-0.1, -0.05) is 41.9 Å². The van der Waals surface area contributed by atoms with Crippen LogP contribution in [0.5, 0.6) is 0 Å². The van der Waals surface area contributed by atoms with Gasteiger partial charge in [-0.05, 0) is 55.0 Å². The first-order chi connectivity index (χ1) is 12.6. The first kappa shape index (κ1) is 17.1. The number of esters is 1. The number of rotatable bonds is 4. The highest BCUT2D eigenvalue weighted by molar-refractivity contribution is 6.30. The second-order valence-electron chi connectivity index (χ2n) is 6.95. The summed E-state index contributed by atoms with van der Waals surface area (Å²) in [6.45, 7) is 0.433. The summed E-state index contributed by atoms with van der Waals surface area (Å²) >= 11 is 6.05. The third-order valence-corrected chi connectivity index (χ3v) is 5.49. The highest BCUT2D eigenvalue weighted by Crippen LogP contribution is 2.49. The molecule has 0 atom stereocenters. The molecule has 0 spiro atoms.